The van der Waals surface area contributed by atoms with Gasteiger partial charge in [-0.2, -0.15) is 0 Å². The Hall–Kier alpha value is -2.25. The van der Waals surface area contributed by atoms with E-state index < -0.39 is 6.04 Å². The number of nitrogens with zero attached hydrogens (tertiary/aromatic N) is 1. The smallest absolute Gasteiger partial charge is 0.255 e. The summed E-state index contributed by atoms with van der Waals surface area (Å²) >= 11 is 0. The van der Waals surface area contributed by atoms with Gasteiger partial charge >= 0.3 is 0 Å². The molecule has 2 atom stereocenters. The summed E-state index contributed by atoms with van der Waals surface area (Å²) in [7, 11) is 0. The van der Waals surface area contributed by atoms with Crippen molar-refractivity contribution in [3.05, 3.63) is 34.9 Å². The van der Waals surface area contributed by atoms with E-state index in [1.54, 1.807) is 4.90 Å². The number of rotatable bonds is 6. The lowest BCUT2D eigenvalue weighted by atomic mass is 9.87. The van der Waals surface area contributed by atoms with E-state index in [2.05, 4.69) is 28.9 Å². The summed E-state index contributed by atoms with van der Waals surface area (Å²) in [5.74, 6) is -0.755. The summed E-state index contributed by atoms with van der Waals surface area (Å²) in [6, 6.07) is 5.33. The van der Waals surface area contributed by atoms with Crippen LogP contribution in [0.25, 0.3) is 0 Å². The van der Waals surface area contributed by atoms with E-state index in [9.17, 15) is 14.4 Å². The quantitative estimate of drug-likeness (QED) is 0.506. The summed E-state index contributed by atoms with van der Waals surface area (Å²) in [5, 5.41) is 9.27. The van der Waals surface area contributed by atoms with E-state index in [0.717, 1.165) is 37.2 Å². The van der Waals surface area contributed by atoms with E-state index in [1.165, 1.54) is 6.42 Å². The van der Waals surface area contributed by atoms with Gasteiger partial charge in [-0.05, 0) is 56.5 Å². The number of fused-ring (bicyclic) bond motifs is 1. The number of carbonyl (C=O) groups is 3. The highest BCUT2D eigenvalue weighted by Gasteiger charge is 2.39. The Morgan fingerprint density at radius 1 is 1.30 bits per heavy atom. The number of nitrogens with one attached hydrogen (secondary N) is 3. The number of imide groups is 1. The van der Waals surface area contributed by atoms with Gasteiger partial charge in [0.25, 0.3) is 5.91 Å². The van der Waals surface area contributed by atoms with Crippen LogP contribution < -0.4 is 16.0 Å². The van der Waals surface area contributed by atoms with Crippen LogP contribution in [0, 0.1) is 0 Å². The van der Waals surface area contributed by atoms with Crippen molar-refractivity contribution in [1.29, 1.82) is 0 Å². The molecule has 144 valence electrons. The zero-order valence-corrected chi connectivity index (χ0v) is 15.6. The predicted octanol–water partition coefficient (Wildman–Crippen LogP) is 0.679. The molecule has 3 aliphatic heterocycles. The lowest BCUT2D eigenvalue weighted by molar-refractivity contribution is -0.136. The second-order valence-electron chi connectivity index (χ2n) is 8.06. The van der Waals surface area contributed by atoms with Crippen LogP contribution in [0.3, 0.4) is 0 Å². The summed E-state index contributed by atoms with van der Waals surface area (Å²) in [6.07, 6.45) is 3.00. The van der Waals surface area contributed by atoms with Gasteiger partial charge in [0.2, 0.25) is 11.8 Å². The van der Waals surface area contributed by atoms with Crippen molar-refractivity contribution in [3.63, 3.8) is 0 Å². The zero-order chi connectivity index (χ0) is 19.0. The predicted molar refractivity (Wildman–Crippen MR) is 99.8 cm³/mol. The van der Waals surface area contributed by atoms with E-state index in [0.29, 0.717) is 18.5 Å². The summed E-state index contributed by atoms with van der Waals surface area (Å²) in [4.78, 5) is 37.7. The van der Waals surface area contributed by atoms with E-state index >= 15 is 0 Å². The van der Waals surface area contributed by atoms with Gasteiger partial charge in [0, 0.05) is 30.6 Å². The molecule has 3 aliphatic rings. The van der Waals surface area contributed by atoms with Crippen LogP contribution in [-0.2, 0) is 22.7 Å². The van der Waals surface area contributed by atoms with Crippen molar-refractivity contribution in [3.8, 4) is 0 Å². The maximum absolute atomic E-state index is 12.7. The number of benzene rings is 1. The highest BCUT2D eigenvalue weighted by molar-refractivity contribution is 6.05. The van der Waals surface area contributed by atoms with Gasteiger partial charge in [0.05, 0.1) is 0 Å². The molecular formula is C20H26N4O3. The molecule has 1 aromatic carbocycles. The molecule has 4 rings (SSSR count). The molecule has 3 N–H and O–H groups in total. The fourth-order valence-electron chi connectivity index (χ4n) is 4.10. The van der Waals surface area contributed by atoms with Crippen LogP contribution in [0.15, 0.2) is 18.2 Å². The minimum atomic E-state index is -0.556. The second kappa shape index (κ2) is 7.05. The first-order chi connectivity index (χ1) is 13.0. The van der Waals surface area contributed by atoms with Crippen LogP contribution in [0.4, 0.5) is 0 Å². The molecule has 2 saturated heterocycles. The van der Waals surface area contributed by atoms with Crippen molar-refractivity contribution in [2.24, 2.45) is 0 Å². The average Bonchev–Trinajstić information content (AvgIpc) is 2.93. The summed E-state index contributed by atoms with van der Waals surface area (Å²) < 4.78 is 0. The highest BCUT2D eigenvalue weighted by atomic mass is 16.2. The number of amides is 3. The van der Waals surface area contributed by atoms with Gasteiger partial charge in [-0.25, -0.2) is 0 Å². The summed E-state index contributed by atoms with van der Waals surface area (Å²) in [5.41, 5.74) is 3.03. The van der Waals surface area contributed by atoms with Crippen LogP contribution in [-0.4, -0.2) is 47.3 Å². The van der Waals surface area contributed by atoms with Crippen LogP contribution >= 0.6 is 0 Å². The number of hydrogen-bond acceptors (Lipinski definition) is 5. The van der Waals surface area contributed by atoms with Gasteiger partial charge in [0.15, 0.2) is 0 Å². The molecule has 2 unspecified atom stereocenters. The van der Waals surface area contributed by atoms with Crippen molar-refractivity contribution in [2.45, 2.75) is 57.3 Å². The normalized spacial score (nSPS) is 27.4. The van der Waals surface area contributed by atoms with Gasteiger partial charge < -0.3 is 15.5 Å². The SMILES string of the molecule is CC1(CCNCc2ccc3c(c2)CN(C2CCC(=O)NC2=O)C3=O)CCN1. The molecule has 0 aliphatic carbocycles. The molecule has 0 bridgehead atoms. The minimum Gasteiger partial charge on any atom is -0.322 e. The largest absolute Gasteiger partial charge is 0.322 e. The fourth-order valence-corrected chi connectivity index (χ4v) is 4.10. The third-order valence-corrected chi connectivity index (χ3v) is 6.00. The van der Waals surface area contributed by atoms with E-state index in [1.807, 2.05) is 12.1 Å². The molecule has 7 nitrogen and oxygen atoms in total. The fraction of sp³-hybridized carbons (Fsp3) is 0.550. The molecule has 0 aromatic heterocycles. The van der Waals surface area contributed by atoms with Gasteiger partial charge in [0.1, 0.15) is 6.04 Å². The number of carbonyl (C=O) groups excluding carboxylic acids is 3. The molecule has 0 spiro atoms. The molecule has 2 fully saturated rings. The van der Waals surface area contributed by atoms with E-state index in [4.69, 9.17) is 0 Å². The number of hydrogen-bond donors (Lipinski definition) is 3. The Balaban J connectivity index is 1.36. The number of piperidine rings is 1. The molecule has 27 heavy (non-hydrogen) atoms. The van der Waals surface area contributed by atoms with Crippen LogP contribution in [0.5, 0.6) is 0 Å². The molecule has 3 amide bonds. The maximum Gasteiger partial charge on any atom is 0.255 e. The van der Waals surface area contributed by atoms with Crippen molar-refractivity contribution >= 4 is 17.7 Å². The first kappa shape index (κ1) is 18.1. The van der Waals surface area contributed by atoms with Gasteiger partial charge in [-0.1, -0.05) is 12.1 Å². The molecule has 7 heteroatoms. The third-order valence-electron chi connectivity index (χ3n) is 6.00. The Morgan fingerprint density at radius 2 is 2.11 bits per heavy atom. The average molecular weight is 370 g/mol. The van der Waals surface area contributed by atoms with Crippen molar-refractivity contribution < 1.29 is 14.4 Å². The topological polar surface area (TPSA) is 90.5 Å². The third kappa shape index (κ3) is 3.61. The highest BCUT2D eigenvalue weighted by Crippen LogP contribution is 2.28. The van der Waals surface area contributed by atoms with Gasteiger partial charge in [-0.15, -0.1) is 0 Å². The first-order valence-corrected chi connectivity index (χ1v) is 9.67. The minimum absolute atomic E-state index is 0.122. The molecule has 1 aromatic rings. The Morgan fingerprint density at radius 3 is 2.81 bits per heavy atom. The molecule has 3 heterocycles. The molecule has 0 saturated carbocycles. The second-order valence-corrected chi connectivity index (χ2v) is 8.06. The maximum atomic E-state index is 12.7. The van der Waals surface area contributed by atoms with E-state index in [-0.39, 0.29) is 29.7 Å². The Bertz CT molecular complexity index is 787. The lowest BCUT2D eigenvalue weighted by Gasteiger charge is -2.40. The Kier molecular flexibility index (Phi) is 4.74. The Labute approximate surface area is 158 Å². The first-order valence-electron chi connectivity index (χ1n) is 9.67. The van der Waals surface area contributed by atoms with Crippen molar-refractivity contribution in [2.75, 3.05) is 13.1 Å². The molecular weight excluding hydrogens is 344 g/mol. The van der Waals surface area contributed by atoms with Crippen LogP contribution in [0.2, 0.25) is 0 Å². The standard InChI is InChI=1S/C20H26N4O3/c1-20(7-9-22-20)6-8-21-11-13-2-3-15-14(10-13)12-24(19(15)27)16-4-5-17(25)23-18(16)26/h2-3,10,16,21-22H,4-9,11-12H2,1H3,(H,23,25,26). The lowest BCUT2D eigenvalue weighted by Crippen LogP contribution is -2.55. The summed E-state index contributed by atoms with van der Waals surface area (Å²) in [6.45, 7) is 5.50. The van der Waals surface area contributed by atoms with Crippen molar-refractivity contribution in [1.82, 2.24) is 20.9 Å². The monoisotopic (exact) mass is 370 g/mol. The zero-order valence-electron chi connectivity index (χ0n) is 15.6. The molecule has 0 radical (unpaired) electrons. The van der Waals surface area contributed by atoms with Gasteiger partial charge in [-0.3, -0.25) is 19.7 Å². The van der Waals surface area contributed by atoms with Crippen LogP contribution in [0.1, 0.15) is 54.1 Å².